The minimum absolute atomic E-state index is 0.0187. The Hall–Kier alpha value is -6.92. The van der Waals surface area contributed by atoms with Crippen LogP contribution in [0.4, 0.5) is 35.1 Å². The summed E-state index contributed by atoms with van der Waals surface area (Å²) in [5, 5.41) is 8.39. The van der Waals surface area contributed by atoms with Crippen LogP contribution >= 0.6 is 0 Å². The van der Waals surface area contributed by atoms with Gasteiger partial charge in [0.25, 0.3) is 0 Å². The van der Waals surface area contributed by atoms with Crippen LogP contribution in [-0.4, -0.2) is 276 Å². The smallest absolute Gasteiger partial charge is 0.347 e. The minimum atomic E-state index is -5.20. The predicted molar refractivity (Wildman–Crippen MR) is 366 cm³/mol. The first kappa shape index (κ1) is 84.3. The Kier molecular flexibility index (Phi) is 28.9. The van der Waals surface area contributed by atoms with Crippen LogP contribution in [0.2, 0.25) is 0 Å². The monoisotopic (exact) mass is 1490 g/mol. The van der Waals surface area contributed by atoms with Gasteiger partial charge < -0.3 is 60.0 Å². The molecule has 4 saturated carbocycles. The molecule has 3 aliphatic heterocycles. The summed E-state index contributed by atoms with van der Waals surface area (Å²) in [4.78, 5) is 190. The highest BCUT2D eigenvalue weighted by Gasteiger charge is 2.56. The van der Waals surface area contributed by atoms with Gasteiger partial charge >= 0.3 is 12.4 Å². The molecule has 11 atom stereocenters. The van der Waals surface area contributed by atoms with E-state index in [9.17, 15) is 59.9 Å². The van der Waals surface area contributed by atoms with Gasteiger partial charge in [0.05, 0.1) is 25.4 Å². The van der Waals surface area contributed by atoms with Crippen LogP contribution in [-0.2, 0) is 57.5 Å². The number of halogens is 8. The Morgan fingerprint density at radius 3 is 1.72 bits per heavy atom. The summed E-state index contributed by atoms with van der Waals surface area (Å²) in [5.41, 5.74) is -1.63. The van der Waals surface area contributed by atoms with Gasteiger partial charge in [0.15, 0.2) is 0 Å². The fraction of sp³-hybridized carbons (Fsp3) is 0.833. The second-order valence-corrected chi connectivity index (χ2v) is 31.5. The molecule has 588 valence electrons. The van der Waals surface area contributed by atoms with Gasteiger partial charge in [-0.05, 0) is 158 Å². The molecule has 24 nitrogen and oxygen atoms in total. The maximum Gasteiger partial charge on any atom is 0.397 e. The average molecular weight is 1490 g/mol. The summed E-state index contributed by atoms with van der Waals surface area (Å²) in [6.07, 6.45) is -14.1. The average Bonchev–Trinajstić information content (AvgIpc) is 1.19. The van der Waals surface area contributed by atoms with Crippen LogP contribution in [0.25, 0.3) is 0 Å². The van der Waals surface area contributed by atoms with E-state index >= 15 is 32.8 Å². The normalized spacial score (nSPS) is 31.8. The van der Waals surface area contributed by atoms with Gasteiger partial charge in [-0.2, -0.15) is 26.3 Å². The fourth-order valence-corrected chi connectivity index (χ4v) is 16.8. The van der Waals surface area contributed by atoms with Crippen molar-refractivity contribution >= 4 is 70.9 Å². The van der Waals surface area contributed by atoms with Crippen molar-refractivity contribution in [3.05, 3.63) is 0 Å². The van der Waals surface area contributed by atoms with Crippen molar-refractivity contribution in [3.8, 4) is 0 Å². The molecule has 0 aromatic rings. The van der Waals surface area contributed by atoms with Crippen LogP contribution in [0.3, 0.4) is 0 Å². The Morgan fingerprint density at radius 1 is 0.577 bits per heavy atom. The summed E-state index contributed by atoms with van der Waals surface area (Å²) in [5.74, 6) is -16.5. The second-order valence-electron chi connectivity index (χ2n) is 31.5. The molecule has 3 N–H and O–H groups in total. The summed E-state index contributed by atoms with van der Waals surface area (Å²) in [7, 11) is 10.9. The van der Waals surface area contributed by atoms with Crippen LogP contribution in [0, 0.1) is 41.4 Å². The summed E-state index contributed by atoms with van der Waals surface area (Å²) in [6, 6.07) is -10.9. The van der Waals surface area contributed by atoms with E-state index in [1.165, 1.54) is 80.9 Å². The van der Waals surface area contributed by atoms with Gasteiger partial charge in [-0.15, -0.1) is 0 Å². The molecule has 12 amide bonds. The third-order valence-electron chi connectivity index (χ3n) is 23.6. The van der Waals surface area contributed by atoms with E-state index in [0.29, 0.717) is 44.9 Å². The SMILES string of the molecule is CC[C@H](C)[C@@H]1NC(=O)[C@H](CC(C)C)N(C)C(=O)C[C@@H](C(=O)N(C)C)N(C)C(=O)[C@H](C2CCCC2)N(C)C(=O)C2(CCC2)NC(=O)[C@@H]2CCCN2C(=O)[C@H](CCC2CC(F)C(C(F)(F)F)C(F)C2)NC(=O)CN(C)C(=O)[C@H](CC2CCC(C(F)(F)F)CC2)N2CCCC[C@@H](C2=O)N(C)C(=O)CN(C)C1=O. The van der Waals surface area contributed by atoms with Crippen LogP contribution in [0.5, 0.6) is 0 Å². The molecule has 7 rings (SSSR count). The van der Waals surface area contributed by atoms with Crippen molar-refractivity contribution in [2.75, 3.05) is 82.6 Å². The zero-order valence-corrected chi connectivity index (χ0v) is 62.6. The largest absolute Gasteiger partial charge is 0.397 e. The number of nitrogens with one attached hydrogen (secondary N) is 3. The highest BCUT2D eigenvalue weighted by atomic mass is 19.4. The highest BCUT2D eigenvalue weighted by Crippen LogP contribution is 2.46. The minimum Gasteiger partial charge on any atom is -0.347 e. The Morgan fingerprint density at radius 2 is 1.16 bits per heavy atom. The van der Waals surface area contributed by atoms with Crippen molar-refractivity contribution in [2.45, 2.75) is 260 Å². The second kappa shape index (κ2) is 35.7. The van der Waals surface area contributed by atoms with Crippen LogP contribution < -0.4 is 16.0 Å². The quantitative estimate of drug-likeness (QED) is 0.196. The number of amides is 12. The third kappa shape index (κ3) is 20.0. The zero-order valence-electron chi connectivity index (χ0n) is 62.6. The lowest BCUT2D eigenvalue weighted by molar-refractivity contribution is -0.219. The number of rotatable bonds is 11. The van der Waals surface area contributed by atoms with Gasteiger partial charge in [-0.3, -0.25) is 57.5 Å². The summed E-state index contributed by atoms with van der Waals surface area (Å²) in [6.45, 7) is 5.51. The topological polar surface area (TPSA) is 270 Å². The maximum absolute atomic E-state index is 15.4. The number of carbonyl (C=O) groups excluding carboxylic acids is 12. The van der Waals surface area contributed by atoms with Crippen molar-refractivity contribution in [2.24, 2.45) is 41.4 Å². The number of likely N-dealkylation sites (N-methyl/N-ethyl adjacent to an activating group) is 7. The predicted octanol–water partition coefficient (Wildman–Crippen LogP) is 6.17. The van der Waals surface area contributed by atoms with Gasteiger partial charge in [-0.1, -0.05) is 47.0 Å². The van der Waals surface area contributed by atoms with Crippen molar-refractivity contribution in [1.29, 1.82) is 0 Å². The summed E-state index contributed by atoms with van der Waals surface area (Å²) >= 11 is 0. The van der Waals surface area contributed by atoms with Gasteiger partial charge in [0, 0.05) is 69.5 Å². The molecule has 2 bridgehead atoms. The molecule has 0 aromatic heterocycles. The molecule has 0 radical (unpaired) electrons. The molecule has 104 heavy (non-hydrogen) atoms. The zero-order chi connectivity index (χ0) is 77.4. The molecule has 3 saturated heterocycles. The molecule has 0 aromatic carbocycles. The Bertz CT molecular complexity index is 3080. The summed E-state index contributed by atoms with van der Waals surface area (Å²) < 4.78 is 115. The fourth-order valence-electron chi connectivity index (χ4n) is 16.8. The van der Waals surface area contributed by atoms with E-state index in [1.807, 2.05) is 13.8 Å². The molecule has 32 heteroatoms. The van der Waals surface area contributed by atoms with Crippen molar-refractivity contribution in [1.82, 2.24) is 60.0 Å². The molecule has 2 unspecified atom stereocenters. The van der Waals surface area contributed by atoms with E-state index in [-0.39, 0.29) is 102 Å². The van der Waals surface area contributed by atoms with Crippen molar-refractivity contribution < 1.29 is 92.7 Å². The van der Waals surface area contributed by atoms with E-state index in [0.717, 1.165) is 19.6 Å². The maximum atomic E-state index is 15.4. The first-order valence-electron chi connectivity index (χ1n) is 37.3. The Labute approximate surface area is 605 Å². The molecule has 3 heterocycles. The third-order valence-corrected chi connectivity index (χ3v) is 23.6. The first-order valence-corrected chi connectivity index (χ1v) is 37.3. The van der Waals surface area contributed by atoms with E-state index in [2.05, 4.69) is 16.0 Å². The molecular weight excluding hydrogens is 1380 g/mol. The van der Waals surface area contributed by atoms with E-state index < -0.39 is 224 Å². The standard InChI is InChI=1S/C72H112F8N12O12/c1-13-42(4)59-67(102)86(8)40-57(95)87(9)51-22-16-17-32-92(66(51)101)54(37-43-24-27-46(28-25-43)71(75,76)77)65(100)85(7)39-55(93)81-49(29-26-44-35-47(73)58(48(74)36-44)72(78,79)80)63(98)91-33-18-23-50(91)62(97)83-70(30-19-31-70)69(104)90(12)60(45-20-14-15-21-45)68(103)89(11)53(64(99)84(5)6)38-56(94)88(10)52(34-41(2)3)61(96)82-59/h41-54,58-60H,13-40H2,1-12H3,(H,81,93)(H,82,96)(H,83,97)/t42-,43?,44?,46?,47?,48?,49-,50-,51-,52-,53-,54-,58?,59-,60-/m0/s1. The van der Waals surface area contributed by atoms with Gasteiger partial charge in [0.2, 0.25) is 70.9 Å². The first-order chi connectivity index (χ1) is 48.6. The molecular formula is C72H112F8N12O12. The number of hydrogen-bond acceptors (Lipinski definition) is 12. The van der Waals surface area contributed by atoms with E-state index in [4.69, 9.17) is 0 Å². The Balaban J connectivity index is 1.29. The number of fused-ring (bicyclic) bond motifs is 3. The van der Waals surface area contributed by atoms with Crippen LogP contribution in [0.15, 0.2) is 0 Å². The van der Waals surface area contributed by atoms with Gasteiger partial charge in [-0.25, -0.2) is 8.78 Å². The number of alkyl halides is 8. The van der Waals surface area contributed by atoms with E-state index in [1.54, 1.807) is 13.8 Å². The molecule has 7 aliphatic rings. The number of carbonyl (C=O) groups is 12. The lowest BCUT2D eigenvalue weighted by Crippen LogP contribution is -2.68. The van der Waals surface area contributed by atoms with Crippen molar-refractivity contribution in [3.63, 3.8) is 0 Å². The molecule has 1 spiro atoms. The highest BCUT2D eigenvalue weighted by molar-refractivity contribution is 6.01. The number of nitrogens with zero attached hydrogens (tertiary/aromatic N) is 9. The van der Waals surface area contributed by atoms with Crippen LogP contribution in [0.1, 0.15) is 182 Å². The molecule has 4 aliphatic carbocycles. The lowest BCUT2D eigenvalue weighted by Gasteiger charge is -2.46. The number of hydrogen-bond donors (Lipinski definition) is 3. The molecule has 7 fully saturated rings. The van der Waals surface area contributed by atoms with Gasteiger partial charge in [0.1, 0.15) is 72.1 Å². The lowest BCUT2D eigenvalue weighted by atomic mass is 9.74.